The summed E-state index contributed by atoms with van der Waals surface area (Å²) in [6.07, 6.45) is 4.51. The molecule has 0 aromatic carbocycles. The summed E-state index contributed by atoms with van der Waals surface area (Å²) in [5.41, 5.74) is 5.55. The highest BCUT2D eigenvalue weighted by Gasteiger charge is 2.40. The average molecular weight is 270 g/mol. The maximum absolute atomic E-state index is 12.6. The molecule has 0 spiro atoms. The van der Waals surface area contributed by atoms with Gasteiger partial charge in [-0.15, -0.1) is 0 Å². The van der Waals surface area contributed by atoms with Crippen molar-refractivity contribution in [1.82, 2.24) is 4.90 Å². The van der Waals surface area contributed by atoms with Gasteiger partial charge < -0.3 is 20.1 Å². The van der Waals surface area contributed by atoms with Crippen LogP contribution in [0, 0.1) is 0 Å². The molecule has 0 aliphatic carbocycles. The Kier molecular flexibility index (Phi) is 5.19. The van der Waals surface area contributed by atoms with Gasteiger partial charge >= 0.3 is 0 Å². The maximum atomic E-state index is 12.6. The molecule has 2 aliphatic rings. The fraction of sp³-hybridized carbons (Fsp3) is 0.929. The van der Waals surface area contributed by atoms with Gasteiger partial charge in [-0.25, -0.2) is 0 Å². The number of ether oxygens (including phenoxy) is 2. The summed E-state index contributed by atoms with van der Waals surface area (Å²) < 4.78 is 11.1. The summed E-state index contributed by atoms with van der Waals surface area (Å²) in [6, 6.07) is 0. The SMILES string of the molecule is CCCOC1CCCN(C(=O)C2(N)CCOCC2)C1. The highest BCUT2D eigenvalue weighted by atomic mass is 16.5. The van der Waals surface area contributed by atoms with E-state index in [4.69, 9.17) is 15.2 Å². The monoisotopic (exact) mass is 270 g/mol. The number of rotatable bonds is 4. The number of hydrogen-bond donors (Lipinski definition) is 1. The molecule has 2 saturated heterocycles. The Bertz CT molecular complexity index is 303. The van der Waals surface area contributed by atoms with Crippen molar-refractivity contribution in [3.63, 3.8) is 0 Å². The molecule has 1 amide bonds. The van der Waals surface area contributed by atoms with E-state index >= 15 is 0 Å². The minimum atomic E-state index is -0.717. The third-order valence-corrected chi connectivity index (χ3v) is 4.03. The van der Waals surface area contributed by atoms with Crippen LogP contribution < -0.4 is 5.73 Å². The zero-order chi connectivity index (χ0) is 13.7. The number of piperidine rings is 1. The lowest BCUT2D eigenvalue weighted by atomic mass is 9.89. The molecule has 2 N–H and O–H groups in total. The highest BCUT2D eigenvalue weighted by molar-refractivity contribution is 5.86. The van der Waals surface area contributed by atoms with Crippen LogP contribution in [-0.2, 0) is 14.3 Å². The third-order valence-electron chi connectivity index (χ3n) is 4.03. The smallest absolute Gasteiger partial charge is 0.242 e. The van der Waals surface area contributed by atoms with Gasteiger partial charge in [0, 0.05) is 32.9 Å². The van der Waals surface area contributed by atoms with Crippen LogP contribution in [0.5, 0.6) is 0 Å². The zero-order valence-electron chi connectivity index (χ0n) is 11.9. The van der Waals surface area contributed by atoms with Gasteiger partial charge in [0.25, 0.3) is 0 Å². The first-order chi connectivity index (χ1) is 9.15. The normalized spacial score (nSPS) is 27.3. The fourth-order valence-electron chi connectivity index (χ4n) is 2.81. The Morgan fingerprint density at radius 2 is 2.21 bits per heavy atom. The molecule has 0 radical (unpaired) electrons. The lowest BCUT2D eigenvalue weighted by Crippen LogP contribution is -2.60. The first-order valence-electron chi connectivity index (χ1n) is 7.43. The lowest BCUT2D eigenvalue weighted by molar-refractivity contribution is -0.144. The van der Waals surface area contributed by atoms with E-state index in [9.17, 15) is 4.79 Å². The van der Waals surface area contributed by atoms with Gasteiger partial charge in [0.2, 0.25) is 5.91 Å². The van der Waals surface area contributed by atoms with Crippen LogP contribution in [0.15, 0.2) is 0 Å². The second-order valence-electron chi connectivity index (χ2n) is 5.65. The van der Waals surface area contributed by atoms with Crippen molar-refractivity contribution in [2.75, 3.05) is 32.9 Å². The van der Waals surface area contributed by atoms with Gasteiger partial charge in [-0.1, -0.05) is 6.92 Å². The second kappa shape index (κ2) is 6.68. The molecule has 2 aliphatic heterocycles. The minimum Gasteiger partial charge on any atom is -0.381 e. The van der Waals surface area contributed by atoms with Gasteiger partial charge in [0.05, 0.1) is 11.6 Å². The molecule has 19 heavy (non-hydrogen) atoms. The van der Waals surface area contributed by atoms with E-state index in [0.29, 0.717) is 32.6 Å². The molecule has 0 aromatic heterocycles. The summed E-state index contributed by atoms with van der Waals surface area (Å²) in [5, 5.41) is 0. The third kappa shape index (κ3) is 3.68. The highest BCUT2D eigenvalue weighted by Crippen LogP contribution is 2.23. The predicted molar refractivity (Wildman–Crippen MR) is 72.8 cm³/mol. The molecule has 0 saturated carbocycles. The molecule has 2 heterocycles. The molecular weight excluding hydrogens is 244 g/mol. The number of nitrogens with zero attached hydrogens (tertiary/aromatic N) is 1. The van der Waals surface area contributed by atoms with Crippen molar-refractivity contribution in [3.05, 3.63) is 0 Å². The van der Waals surface area contributed by atoms with E-state index in [-0.39, 0.29) is 12.0 Å². The number of carbonyl (C=O) groups excluding carboxylic acids is 1. The molecule has 0 aromatic rings. The standard InChI is InChI=1S/C14H26N2O3/c1-2-8-19-12-4-3-7-16(11-12)13(17)14(15)5-9-18-10-6-14/h12H,2-11,15H2,1H3. The molecule has 1 unspecified atom stereocenters. The van der Waals surface area contributed by atoms with Crippen LogP contribution in [0.1, 0.15) is 39.0 Å². The first kappa shape index (κ1) is 14.8. The van der Waals surface area contributed by atoms with Gasteiger partial charge in [0.1, 0.15) is 0 Å². The molecule has 5 nitrogen and oxygen atoms in total. The van der Waals surface area contributed by atoms with E-state index in [0.717, 1.165) is 32.4 Å². The zero-order valence-corrected chi connectivity index (χ0v) is 11.9. The number of nitrogens with two attached hydrogens (primary N) is 1. The van der Waals surface area contributed by atoms with Gasteiger partial charge in [-0.3, -0.25) is 4.79 Å². The van der Waals surface area contributed by atoms with E-state index in [1.165, 1.54) is 0 Å². The van der Waals surface area contributed by atoms with Crippen LogP contribution >= 0.6 is 0 Å². The van der Waals surface area contributed by atoms with Gasteiger partial charge in [-0.05, 0) is 32.1 Å². The largest absolute Gasteiger partial charge is 0.381 e. The van der Waals surface area contributed by atoms with Crippen molar-refractivity contribution in [2.24, 2.45) is 5.73 Å². The van der Waals surface area contributed by atoms with Crippen molar-refractivity contribution in [1.29, 1.82) is 0 Å². The minimum absolute atomic E-state index is 0.0839. The summed E-state index contributed by atoms with van der Waals surface area (Å²) in [5.74, 6) is 0.0839. The quantitative estimate of drug-likeness (QED) is 0.825. The maximum Gasteiger partial charge on any atom is 0.242 e. The lowest BCUT2D eigenvalue weighted by Gasteiger charge is -2.40. The van der Waals surface area contributed by atoms with Crippen LogP contribution in [0.2, 0.25) is 0 Å². The predicted octanol–water partition coefficient (Wildman–Crippen LogP) is 0.912. The molecule has 0 bridgehead atoms. The van der Waals surface area contributed by atoms with Crippen molar-refractivity contribution in [3.8, 4) is 0 Å². The number of amides is 1. The van der Waals surface area contributed by atoms with E-state index in [1.54, 1.807) is 0 Å². The first-order valence-corrected chi connectivity index (χ1v) is 7.43. The summed E-state index contributed by atoms with van der Waals surface area (Å²) >= 11 is 0. The molecule has 110 valence electrons. The Morgan fingerprint density at radius 1 is 1.47 bits per heavy atom. The average Bonchev–Trinajstić information content (AvgIpc) is 2.45. The molecule has 1 atom stereocenters. The van der Waals surface area contributed by atoms with Crippen LogP contribution in [0.25, 0.3) is 0 Å². The van der Waals surface area contributed by atoms with E-state index in [1.807, 2.05) is 4.90 Å². The molecule has 5 heteroatoms. The van der Waals surface area contributed by atoms with Gasteiger partial charge in [0.15, 0.2) is 0 Å². The van der Waals surface area contributed by atoms with Crippen molar-refractivity contribution in [2.45, 2.75) is 50.7 Å². The van der Waals surface area contributed by atoms with Crippen LogP contribution in [0.3, 0.4) is 0 Å². The summed E-state index contributed by atoms with van der Waals surface area (Å²) in [7, 11) is 0. The Balaban J connectivity index is 1.90. The Morgan fingerprint density at radius 3 is 2.89 bits per heavy atom. The Hall–Kier alpha value is -0.650. The second-order valence-corrected chi connectivity index (χ2v) is 5.65. The summed E-state index contributed by atoms with van der Waals surface area (Å²) in [6.45, 7) is 5.55. The number of carbonyl (C=O) groups is 1. The topological polar surface area (TPSA) is 64.8 Å². The van der Waals surface area contributed by atoms with Crippen LogP contribution in [-0.4, -0.2) is 55.4 Å². The van der Waals surface area contributed by atoms with Gasteiger partial charge in [-0.2, -0.15) is 0 Å². The molecule has 2 fully saturated rings. The fourth-order valence-corrected chi connectivity index (χ4v) is 2.81. The number of hydrogen-bond acceptors (Lipinski definition) is 4. The Labute approximate surface area is 115 Å². The molecule has 2 rings (SSSR count). The van der Waals surface area contributed by atoms with Crippen molar-refractivity contribution >= 4 is 5.91 Å². The van der Waals surface area contributed by atoms with Crippen LogP contribution in [0.4, 0.5) is 0 Å². The van der Waals surface area contributed by atoms with E-state index in [2.05, 4.69) is 6.92 Å². The van der Waals surface area contributed by atoms with E-state index < -0.39 is 5.54 Å². The molecular formula is C14H26N2O3. The number of likely N-dealkylation sites (tertiary alicyclic amines) is 1. The van der Waals surface area contributed by atoms with Crippen molar-refractivity contribution < 1.29 is 14.3 Å². The summed E-state index contributed by atoms with van der Waals surface area (Å²) in [4.78, 5) is 14.5.